The lowest BCUT2D eigenvalue weighted by Gasteiger charge is -2.32. The molecule has 1 fully saturated rings. The number of carbonyl (C=O) groups excluding carboxylic acids is 2. The van der Waals surface area contributed by atoms with Crippen LogP contribution in [0.5, 0.6) is 0 Å². The minimum Gasteiger partial charge on any atom is -0.465 e. The third kappa shape index (κ3) is 5.54. The van der Waals surface area contributed by atoms with Crippen molar-refractivity contribution >= 4 is 21.9 Å². The molecule has 0 saturated carbocycles. The number of sulfonamides is 1. The molecule has 8 heteroatoms. The van der Waals surface area contributed by atoms with Gasteiger partial charge in [-0.25, -0.2) is 12.7 Å². The maximum Gasteiger partial charge on any atom is 0.325 e. The zero-order valence-corrected chi connectivity index (χ0v) is 16.1. The van der Waals surface area contributed by atoms with Gasteiger partial charge in [-0.3, -0.25) is 9.59 Å². The lowest BCUT2D eigenvalue weighted by Crippen LogP contribution is -2.44. The van der Waals surface area contributed by atoms with Crippen LogP contribution in [-0.2, 0) is 30.1 Å². The largest absolute Gasteiger partial charge is 0.465 e. The van der Waals surface area contributed by atoms with Gasteiger partial charge in [-0.2, -0.15) is 0 Å². The molecule has 0 aliphatic carbocycles. The topological polar surface area (TPSA) is 84.0 Å². The van der Waals surface area contributed by atoms with Crippen molar-refractivity contribution in [2.45, 2.75) is 25.5 Å². The Bertz CT molecular complexity index is 712. The number of amides is 1. The summed E-state index contributed by atoms with van der Waals surface area (Å²) >= 11 is 0. The predicted molar refractivity (Wildman–Crippen MR) is 97.6 cm³/mol. The number of ether oxygens (including phenoxy) is 1. The number of carbonyl (C=O) groups is 2. The molecule has 1 aliphatic heterocycles. The molecular formula is C18H26N2O5S. The van der Waals surface area contributed by atoms with Gasteiger partial charge in [0.05, 0.1) is 12.4 Å². The number of hydrogen-bond acceptors (Lipinski definition) is 5. The van der Waals surface area contributed by atoms with Crippen LogP contribution < -0.4 is 0 Å². The Morgan fingerprint density at radius 3 is 2.38 bits per heavy atom. The standard InChI is InChI=1S/C18H26N2O5S/c1-3-25-17(21)13-19(2)18(22)16-9-11-20(12-10-16)26(23,24)14-15-7-5-4-6-8-15/h4-8,16H,3,9-14H2,1-2H3. The first kappa shape index (κ1) is 20.4. The Labute approximate surface area is 155 Å². The molecule has 0 aromatic heterocycles. The van der Waals surface area contributed by atoms with Crippen LogP contribution in [0.2, 0.25) is 0 Å². The Balaban J connectivity index is 1.88. The van der Waals surface area contributed by atoms with Gasteiger partial charge in [0.25, 0.3) is 0 Å². The maximum absolute atomic E-state index is 12.6. The van der Waals surface area contributed by atoms with Crippen LogP contribution in [0.3, 0.4) is 0 Å². The zero-order valence-electron chi connectivity index (χ0n) is 15.3. The smallest absolute Gasteiger partial charge is 0.325 e. The summed E-state index contributed by atoms with van der Waals surface area (Å²) in [5.74, 6) is -0.878. The number of piperidine rings is 1. The van der Waals surface area contributed by atoms with E-state index >= 15 is 0 Å². The molecule has 1 aromatic carbocycles. The lowest BCUT2D eigenvalue weighted by molar-refractivity contribution is -0.149. The molecule has 1 amide bonds. The summed E-state index contributed by atoms with van der Waals surface area (Å²) < 4.78 is 31.4. The van der Waals surface area contributed by atoms with Crippen molar-refractivity contribution in [1.82, 2.24) is 9.21 Å². The number of likely N-dealkylation sites (N-methyl/N-ethyl adjacent to an activating group) is 1. The Hall–Kier alpha value is -1.93. The Kier molecular flexibility index (Phi) is 7.16. The third-order valence-corrected chi connectivity index (χ3v) is 6.29. The van der Waals surface area contributed by atoms with Crippen LogP contribution in [0.4, 0.5) is 0 Å². The molecule has 1 aromatic rings. The molecule has 0 N–H and O–H groups in total. The van der Waals surface area contributed by atoms with Crippen molar-refractivity contribution in [3.8, 4) is 0 Å². The molecule has 0 unspecified atom stereocenters. The molecule has 2 rings (SSSR count). The molecule has 1 saturated heterocycles. The van der Waals surface area contributed by atoms with Crippen LogP contribution in [0, 0.1) is 5.92 Å². The van der Waals surface area contributed by atoms with Gasteiger partial charge >= 0.3 is 5.97 Å². The third-order valence-electron chi connectivity index (χ3n) is 4.44. The fourth-order valence-electron chi connectivity index (χ4n) is 3.05. The predicted octanol–water partition coefficient (Wildman–Crippen LogP) is 1.25. The molecule has 7 nitrogen and oxygen atoms in total. The fraction of sp³-hybridized carbons (Fsp3) is 0.556. The van der Waals surface area contributed by atoms with Crippen LogP contribution >= 0.6 is 0 Å². The maximum atomic E-state index is 12.6. The van der Waals surface area contributed by atoms with E-state index in [1.807, 2.05) is 18.2 Å². The first-order valence-corrected chi connectivity index (χ1v) is 10.4. The number of rotatable bonds is 7. The molecule has 144 valence electrons. The summed E-state index contributed by atoms with van der Waals surface area (Å²) in [6.07, 6.45) is 0.917. The highest BCUT2D eigenvalue weighted by Gasteiger charge is 2.32. The van der Waals surface area contributed by atoms with Gasteiger partial charge in [0.15, 0.2) is 0 Å². The van der Waals surface area contributed by atoms with Crippen LogP contribution in [-0.4, -0.2) is 62.8 Å². The number of hydrogen-bond donors (Lipinski definition) is 0. The van der Waals surface area contributed by atoms with E-state index in [1.54, 1.807) is 26.1 Å². The van der Waals surface area contributed by atoms with E-state index in [2.05, 4.69) is 0 Å². The van der Waals surface area contributed by atoms with E-state index in [1.165, 1.54) is 9.21 Å². The second-order valence-electron chi connectivity index (χ2n) is 6.41. The summed E-state index contributed by atoms with van der Waals surface area (Å²) in [6, 6.07) is 9.06. The molecule has 1 heterocycles. The highest BCUT2D eigenvalue weighted by Crippen LogP contribution is 2.23. The number of esters is 1. The van der Waals surface area contributed by atoms with Crippen molar-refractivity contribution in [2.75, 3.05) is 33.3 Å². The van der Waals surface area contributed by atoms with Crippen molar-refractivity contribution in [3.63, 3.8) is 0 Å². The summed E-state index contributed by atoms with van der Waals surface area (Å²) in [5.41, 5.74) is 0.750. The van der Waals surface area contributed by atoms with E-state index in [9.17, 15) is 18.0 Å². The van der Waals surface area contributed by atoms with E-state index in [-0.39, 0.29) is 30.7 Å². The molecule has 0 bridgehead atoms. The van der Waals surface area contributed by atoms with Gasteiger partial charge in [-0.1, -0.05) is 30.3 Å². The van der Waals surface area contributed by atoms with Gasteiger partial charge in [0, 0.05) is 26.1 Å². The number of benzene rings is 1. The van der Waals surface area contributed by atoms with Crippen molar-refractivity contribution in [3.05, 3.63) is 35.9 Å². The molecular weight excluding hydrogens is 356 g/mol. The quantitative estimate of drug-likeness (QED) is 0.663. The fourth-order valence-corrected chi connectivity index (χ4v) is 4.61. The van der Waals surface area contributed by atoms with Crippen molar-refractivity contribution < 1.29 is 22.7 Å². The van der Waals surface area contributed by atoms with Crippen LogP contribution in [0.1, 0.15) is 25.3 Å². The molecule has 1 aliphatic rings. The minimum absolute atomic E-state index is 0.0325. The minimum atomic E-state index is -3.40. The normalized spacial score (nSPS) is 16.2. The highest BCUT2D eigenvalue weighted by molar-refractivity contribution is 7.88. The monoisotopic (exact) mass is 382 g/mol. The van der Waals surface area contributed by atoms with Gasteiger partial charge in [-0.05, 0) is 25.3 Å². The Morgan fingerprint density at radius 1 is 1.19 bits per heavy atom. The Morgan fingerprint density at radius 2 is 1.81 bits per heavy atom. The molecule has 26 heavy (non-hydrogen) atoms. The first-order chi connectivity index (χ1) is 12.3. The second kappa shape index (κ2) is 9.14. The average molecular weight is 382 g/mol. The SMILES string of the molecule is CCOC(=O)CN(C)C(=O)C1CCN(S(=O)(=O)Cc2ccccc2)CC1. The number of nitrogens with zero attached hydrogens (tertiary/aromatic N) is 2. The van der Waals surface area contributed by atoms with Crippen LogP contribution in [0.15, 0.2) is 30.3 Å². The van der Waals surface area contributed by atoms with Crippen molar-refractivity contribution in [1.29, 1.82) is 0 Å². The molecule has 0 radical (unpaired) electrons. The summed E-state index contributed by atoms with van der Waals surface area (Å²) in [4.78, 5) is 25.3. The molecule has 0 atom stereocenters. The van der Waals surface area contributed by atoms with Crippen LogP contribution in [0.25, 0.3) is 0 Å². The summed E-state index contributed by atoms with van der Waals surface area (Å²) in [5, 5.41) is 0. The van der Waals surface area contributed by atoms with Gasteiger partial charge in [-0.15, -0.1) is 0 Å². The highest BCUT2D eigenvalue weighted by atomic mass is 32.2. The average Bonchev–Trinajstić information content (AvgIpc) is 2.62. The molecule has 0 spiro atoms. The zero-order chi connectivity index (χ0) is 19.2. The summed E-state index contributed by atoms with van der Waals surface area (Å²) in [6.45, 7) is 2.54. The van der Waals surface area contributed by atoms with Gasteiger partial charge in [0.1, 0.15) is 6.54 Å². The van der Waals surface area contributed by atoms with E-state index < -0.39 is 16.0 Å². The van der Waals surface area contributed by atoms with Crippen molar-refractivity contribution in [2.24, 2.45) is 5.92 Å². The first-order valence-electron chi connectivity index (χ1n) is 8.76. The van der Waals surface area contributed by atoms with E-state index in [0.29, 0.717) is 25.9 Å². The van der Waals surface area contributed by atoms with Gasteiger partial charge in [0.2, 0.25) is 15.9 Å². The van der Waals surface area contributed by atoms with E-state index in [0.717, 1.165) is 5.56 Å². The summed E-state index contributed by atoms with van der Waals surface area (Å²) in [7, 11) is -1.83. The van der Waals surface area contributed by atoms with E-state index in [4.69, 9.17) is 4.74 Å². The second-order valence-corrected chi connectivity index (χ2v) is 8.38. The van der Waals surface area contributed by atoms with Gasteiger partial charge < -0.3 is 9.64 Å². The lowest BCUT2D eigenvalue weighted by atomic mass is 9.97.